The second kappa shape index (κ2) is 7.55. The second-order valence-electron chi connectivity index (χ2n) is 6.76. The van der Waals surface area contributed by atoms with Gasteiger partial charge in [-0.3, -0.25) is 4.68 Å². The standard InChI is InChI=1S/C16H23N9O2/c1-27-5-4-24-9-12(7-19-24)25-15-13(22-23-25)8-18-16(21-15)20-11-3-2-10(6-11)14(17)26/h7-11,14,26H,2-6,17H2,1H3,(H,18,20,21). The minimum atomic E-state index is -0.777. The normalized spacial score (nSPS) is 21.0. The van der Waals surface area contributed by atoms with Gasteiger partial charge in [0.1, 0.15) is 11.9 Å². The van der Waals surface area contributed by atoms with Gasteiger partial charge in [0.2, 0.25) is 5.95 Å². The van der Waals surface area contributed by atoms with Gasteiger partial charge in [0.05, 0.1) is 31.7 Å². The van der Waals surface area contributed by atoms with Crippen LogP contribution in [-0.4, -0.2) is 65.8 Å². The number of nitrogens with one attached hydrogen (secondary N) is 1. The number of aromatic nitrogens is 7. The summed E-state index contributed by atoms with van der Waals surface area (Å²) >= 11 is 0. The maximum Gasteiger partial charge on any atom is 0.225 e. The Bertz CT molecular complexity index is 906. The van der Waals surface area contributed by atoms with E-state index in [1.54, 1.807) is 28.9 Å². The van der Waals surface area contributed by atoms with Crippen molar-refractivity contribution in [1.29, 1.82) is 0 Å². The minimum absolute atomic E-state index is 0.108. The van der Waals surface area contributed by atoms with Gasteiger partial charge in [-0.15, -0.1) is 5.10 Å². The van der Waals surface area contributed by atoms with Gasteiger partial charge < -0.3 is 20.9 Å². The molecule has 0 radical (unpaired) electrons. The molecule has 1 saturated carbocycles. The fourth-order valence-electron chi connectivity index (χ4n) is 3.38. The van der Waals surface area contributed by atoms with Crippen LogP contribution in [0.4, 0.5) is 5.95 Å². The molecule has 0 aliphatic heterocycles. The van der Waals surface area contributed by atoms with Crippen molar-refractivity contribution >= 4 is 17.1 Å². The van der Waals surface area contributed by atoms with Crippen LogP contribution in [0.25, 0.3) is 16.9 Å². The van der Waals surface area contributed by atoms with E-state index in [0.717, 1.165) is 24.9 Å². The van der Waals surface area contributed by atoms with Gasteiger partial charge in [0.15, 0.2) is 11.2 Å². The van der Waals surface area contributed by atoms with Crippen molar-refractivity contribution in [2.45, 2.75) is 38.1 Å². The lowest BCUT2D eigenvalue weighted by molar-refractivity contribution is 0.117. The quantitative estimate of drug-likeness (QED) is 0.484. The van der Waals surface area contributed by atoms with Gasteiger partial charge in [-0.05, 0) is 19.3 Å². The predicted molar refractivity (Wildman–Crippen MR) is 97.1 cm³/mol. The molecule has 3 heterocycles. The molecule has 3 aromatic heterocycles. The highest BCUT2D eigenvalue weighted by atomic mass is 16.5. The Hall–Kier alpha value is -2.63. The van der Waals surface area contributed by atoms with Gasteiger partial charge in [0, 0.05) is 19.1 Å². The highest BCUT2D eigenvalue weighted by Crippen LogP contribution is 2.28. The average Bonchev–Trinajstić information content (AvgIpc) is 3.39. The monoisotopic (exact) mass is 373 g/mol. The van der Waals surface area contributed by atoms with Crippen LogP contribution in [0.3, 0.4) is 0 Å². The summed E-state index contributed by atoms with van der Waals surface area (Å²) in [6, 6.07) is 0.187. The fraction of sp³-hybridized carbons (Fsp3) is 0.562. The van der Waals surface area contributed by atoms with Crippen LogP contribution in [0, 0.1) is 5.92 Å². The van der Waals surface area contributed by atoms with Crippen molar-refractivity contribution in [2.75, 3.05) is 19.0 Å². The molecule has 1 fully saturated rings. The third kappa shape index (κ3) is 3.75. The van der Waals surface area contributed by atoms with Crippen molar-refractivity contribution in [3.05, 3.63) is 18.6 Å². The number of methoxy groups -OCH3 is 1. The Morgan fingerprint density at radius 1 is 1.41 bits per heavy atom. The van der Waals surface area contributed by atoms with Gasteiger partial charge in [0.25, 0.3) is 0 Å². The lowest BCUT2D eigenvalue weighted by Crippen LogP contribution is -2.29. The molecule has 0 aromatic carbocycles. The van der Waals surface area contributed by atoms with Crippen molar-refractivity contribution < 1.29 is 9.84 Å². The number of aliphatic hydroxyl groups excluding tert-OH is 1. The molecule has 144 valence electrons. The molecule has 11 nitrogen and oxygen atoms in total. The van der Waals surface area contributed by atoms with E-state index in [9.17, 15) is 5.11 Å². The Labute approximate surface area is 155 Å². The summed E-state index contributed by atoms with van der Waals surface area (Å²) in [5.41, 5.74) is 7.57. The van der Waals surface area contributed by atoms with E-state index < -0.39 is 6.23 Å². The number of rotatable bonds is 7. The lowest BCUT2D eigenvalue weighted by Gasteiger charge is -2.14. The first kappa shape index (κ1) is 17.8. The Balaban J connectivity index is 1.54. The van der Waals surface area contributed by atoms with Crippen molar-refractivity contribution in [3.8, 4) is 5.69 Å². The van der Waals surface area contributed by atoms with Crippen molar-refractivity contribution in [1.82, 2.24) is 34.7 Å². The lowest BCUT2D eigenvalue weighted by atomic mass is 10.1. The molecule has 11 heteroatoms. The SMILES string of the molecule is COCCn1cc(-n2nnc3cnc(NC4CCC(C(N)O)C4)nc32)cn1. The maximum atomic E-state index is 9.55. The van der Waals surface area contributed by atoms with E-state index in [4.69, 9.17) is 10.5 Å². The zero-order valence-electron chi connectivity index (χ0n) is 15.1. The van der Waals surface area contributed by atoms with Gasteiger partial charge in [-0.25, -0.2) is 4.98 Å². The van der Waals surface area contributed by atoms with E-state index in [2.05, 4.69) is 30.7 Å². The Morgan fingerprint density at radius 2 is 2.30 bits per heavy atom. The Kier molecular flexibility index (Phi) is 4.97. The van der Waals surface area contributed by atoms with E-state index in [0.29, 0.717) is 30.3 Å². The van der Waals surface area contributed by atoms with Crippen LogP contribution in [0.15, 0.2) is 18.6 Å². The van der Waals surface area contributed by atoms with Gasteiger partial charge in [-0.1, -0.05) is 5.21 Å². The van der Waals surface area contributed by atoms with Crippen LogP contribution in [0.2, 0.25) is 0 Å². The molecule has 4 N–H and O–H groups in total. The minimum Gasteiger partial charge on any atom is -0.383 e. The molecule has 0 saturated heterocycles. The van der Waals surface area contributed by atoms with E-state index in [1.165, 1.54) is 0 Å². The summed E-state index contributed by atoms with van der Waals surface area (Å²) in [6.07, 6.45) is 7.05. The average molecular weight is 373 g/mol. The van der Waals surface area contributed by atoms with E-state index in [-0.39, 0.29) is 12.0 Å². The summed E-state index contributed by atoms with van der Waals surface area (Å²) in [5.74, 6) is 0.617. The summed E-state index contributed by atoms with van der Waals surface area (Å²) < 4.78 is 8.49. The number of aliphatic hydroxyl groups is 1. The molecular formula is C16H23N9O2. The number of hydrogen-bond donors (Lipinski definition) is 3. The molecule has 3 unspecified atom stereocenters. The molecule has 27 heavy (non-hydrogen) atoms. The molecule has 0 amide bonds. The fourth-order valence-corrected chi connectivity index (χ4v) is 3.38. The maximum absolute atomic E-state index is 9.55. The number of hydrogen-bond acceptors (Lipinski definition) is 9. The van der Waals surface area contributed by atoms with Gasteiger partial charge in [-0.2, -0.15) is 14.8 Å². The van der Waals surface area contributed by atoms with Crippen molar-refractivity contribution in [3.63, 3.8) is 0 Å². The zero-order chi connectivity index (χ0) is 18.8. The van der Waals surface area contributed by atoms with Crippen LogP contribution in [-0.2, 0) is 11.3 Å². The summed E-state index contributed by atoms with van der Waals surface area (Å²) in [5, 5.41) is 25.5. The van der Waals surface area contributed by atoms with Gasteiger partial charge >= 0.3 is 0 Å². The number of ether oxygens (including phenoxy) is 1. The molecular weight excluding hydrogens is 350 g/mol. The smallest absolute Gasteiger partial charge is 0.225 e. The van der Waals surface area contributed by atoms with E-state index >= 15 is 0 Å². The largest absolute Gasteiger partial charge is 0.383 e. The van der Waals surface area contributed by atoms with Crippen LogP contribution in [0.5, 0.6) is 0 Å². The molecule has 4 rings (SSSR count). The topological polar surface area (TPSA) is 142 Å². The van der Waals surface area contributed by atoms with E-state index in [1.807, 2.05) is 6.20 Å². The summed E-state index contributed by atoms with van der Waals surface area (Å²) in [7, 11) is 1.65. The summed E-state index contributed by atoms with van der Waals surface area (Å²) in [6.45, 7) is 1.23. The van der Waals surface area contributed by atoms with Crippen LogP contribution in [0.1, 0.15) is 19.3 Å². The second-order valence-corrected chi connectivity index (χ2v) is 6.76. The molecule has 0 bridgehead atoms. The first-order chi connectivity index (χ1) is 13.1. The zero-order valence-corrected chi connectivity index (χ0v) is 15.1. The third-order valence-electron chi connectivity index (χ3n) is 4.87. The number of nitrogens with two attached hydrogens (primary N) is 1. The number of anilines is 1. The highest BCUT2D eigenvalue weighted by Gasteiger charge is 2.28. The number of fused-ring (bicyclic) bond motifs is 1. The third-order valence-corrected chi connectivity index (χ3v) is 4.87. The molecule has 1 aliphatic rings. The first-order valence-corrected chi connectivity index (χ1v) is 8.94. The first-order valence-electron chi connectivity index (χ1n) is 8.94. The highest BCUT2D eigenvalue weighted by molar-refractivity contribution is 5.71. The number of nitrogens with zero attached hydrogens (tertiary/aromatic N) is 7. The summed E-state index contributed by atoms with van der Waals surface area (Å²) in [4.78, 5) is 8.90. The van der Waals surface area contributed by atoms with Crippen LogP contribution < -0.4 is 11.1 Å². The molecule has 1 aliphatic carbocycles. The molecule has 3 aromatic rings. The Morgan fingerprint density at radius 3 is 3.07 bits per heavy atom. The predicted octanol–water partition coefficient (Wildman–Crippen LogP) is -0.0889. The van der Waals surface area contributed by atoms with Crippen molar-refractivity contribution in [2.24, 2.45) is 11.7 Å². The molecule has 3 atom stereocenters. The molecule has 0 spiro atoms. The van der Waals surface area contributed by atoms with Crippen LogP contribution >= 0.6 is 0 Å².